The summed E-state index contributed by atoms with van der Waals surface area (Å²) in [6, 6.07) is 0. The third-order valence-electron chi connectivity index (χ3n) is 4.49. The van der Waals surface area contributed by atoms with Crippen molar-refractivity contribution in [1.29, 1.82) is 0 Å². The van der Waals surface area contributed by atoms with E-state index in [9.17, 15) is 9.90 Å². The normalized spacial score (nSPS) is 48.7. The molecule has 4 fully saturated rings. The van der Waals surface area contributed by atoms with E-state index < -0.39 is 5.97 Å². The van der Waals surface area contributed by atoms with Crippen molar-refractivity contribution in [2.75, 3.05) is 0 Å². The van der Waals surface area contributed by atoms with Crippen LogP contribution >= 0.6 is 0 Å². The minimum absolute atomic E-state index is 0. The molecule has 3 heteroatoms. The van der Waals surface area contributed by atoms with Crippen molar-refractivity contribution in [1.82, 2.24) is 0 Å². The number of hydrogen-bond donors (Lipinski definition) is 1. The van der Waals surface area contributed by atoms with Gasteiger partial charge >= 0.3 is 5.97 Å². The predicted octanol–water partition coefficient (Wildman–Crippen LogP) is 2.28. The number of rotatable bonds is 1. The Morgan fingerprint density at radius 2 is 1.36 bits per heavy atom. The third kappa shape index (κ3) is 1.39. The molecule has 0 spiro atoms. The van der Waals surface area contributed by atoms with Gasteiger partial charge in [0.25, 0.3) is 0 Å². The van der Waals surface area contributed by atoms with Crippen LogP contribution in [-0.2, 0) is 27.2 Å². The quantitative estimate of drug-likeness (QED) is 0.752. The molecule has 0 amide bonds. The van der Waals surface area contributed by atoms with Gasteiger partial charge in [0.15, 0.2) is 0 Å². The summed E-state index contributed by atoms with van der Waals surface area (Å²) in [6.45, 7) is 0. The maximum atomic E-state index is 11.3. The minimum Gasteiger partial charge on any atom is -0.481 e. The molecule has 1 radical (unpaired) electrons. The molecule has 14 heavy (non-hydrogen) atoms. The van der Waals surface area contributed by atoms with Crippen molar-refractivity contribution >= 4 is 5.97 Å². The van der Waals surface area contributed by atoms with Gasteiger partial charge in [0.2, 0.25) is 0 Å². The molecule has 0 aromatic carbocycles. The predicted molar refractivity (Wildman–Crippen MR) is 48.2 cm³/mol. The number of carboxylic acids is 1. The molecule has 0 heterocycles. The fourth-order valence-corrected chi connectivity index (χ4v) is 4.37. The maximum absolute atomic E-state index is 11.3. The van der Waals surface area contributed by atoms with Crippen molar-refractivity contribution in [3.63, 3.8) is 0 Å². The Kier molecular flexibility index (Phi) is 2.57. The smallest absolute Gasteiger partial charge is 0.309 e. The van der Waals surface area contributed by atoms with Crippen LogP contribution in [0.3, 0.4) is 0 Å². The first kappa shape index (κ1) is 10.7. The van der Waals surface area contributed by atoms with E-state index in [-0.39, 0.29) is 27.8 Å². The van der Waals surface area contributed by atoms with Gasteiger partial charge in [-0.05, 0) is 56.3 Å². The Hall–Kier alpha value is 0.210. The van der Waals surface area contributed by atoms with Crippen LogP contribution in [0.15, 0.2) is 0 Å². The number of carboxylic acid groups (broad SMARTS) is 1. The first-order chi connectivity index (χ1) is 6.18. The summed E-state index contributed by atoms with van der Waals surface area (Å²) in [5.41, 5.74) is -0.283. The van der Waals surface area contributed by atoms with Crippen LogP contribution < -0.4 is 0 Å². The summed E-state index contributed by atoms with van der Waals surface area (Å²) in [5.74, 6) is 1.75. The molecule has 4 aliphatic rings. The molecule has 0 aliphatic heterocycles. The van der Waals surface area contributed by atoms with Crippen LogP contribution in [0, 0.1) is 23.2 Å². The number of carbonyl (C=O) groups is 1. The van der Waals surface area contributed by atoms with Crippen LogP contribution in [0.2, 0.25) is 0 Å². The molecule has 4 rings (SSSR count). The average Bonchev–Trinajstić information content (AvgIpc) is 2.00. The van der Waals surface area contributed by atoms with Gasteiger partial charge in [-0.15, -0.1) is 0 Å². The molecule has 0 atom stereocenters. The standard InChI is InChI=1S/C11H16O2.Ag/c12-10(13)11-4-7-1-8(5-11)3-9(2-7)6-11;/h7-9H,1-6H2,(H,12,13);. The van der Waals surface area contributed by atoms with Gasteiger partial charge in [-0.2, -0.15) is 0 Å². The van der Waals surface area contributed by atoms with Crippen LogP contribution in [0.5, 0.6) is 0 Å². The van der Waals surface area contributed by atoms with Gasteiger partial charge in [0.1, 0.15) is 0 Å². The van der Waals surface area contributed by atoms with Crippen LogP contribution in [0.1, 0.15) is 38.5 Å². The molecule has 4 aliphatic carbocycles. The molecule has 2 nitrogen and oxygen atoms in total. The number of aliphatic carboxylic acids is 1. The summed E-state index contributed by atoms with van der Waals surface area (Å²) >= 11 is 0. The summed E-state index contributed by atoms with van der Waals surface area (Å²) < 4.78 is 0. The summed E-state index contributed by atoms with van der Waals surface area (Å²) in [5, 5.41) is 9.28. The van der Waals surface area contributed by atoms with Crippen molar-refractivity contribution in [3.8, 4) is 0 Å². The molecule has 0 unspecified atom stereocenters. The zero-order chi connectivity index (χ0) is 9.05. The molecular weight excluding hydrogens is 272 g/mol. The van der Waals surface area contributed by atoms with Gasteiger partial charge in [0.05, 0.1) is 5.41 Å². The van der Waals surface area contributed by atoms with Gasteiger partial charge < -0.3 is 5.11 Å². The molecule has 4 saturated carbocycles. The second-order valence-electron chi connectivity index (χ2n) is 5.50. The fraction of sp³-hybridized carbons (Fsp3) is 0.909. The van der Waals surface area contributed by atoms with Crippen LogP contribution in [0.25, 0.3) is 0 Å². The van der Waals surface area contributed by atoms with E-state index in [0.29, 0.717) is 0 Å². The van der Waals surface area contributed by atoms with Crippen molar-refractivity contribution in [2.24, 2.45) is 23.2 Å². The Morgan fingerprint density at radius 1 is 1.00 bits per heavy atom. The summed E-state index contributed by atoms with van der Waals surface area (Å²) in [6.07, 6.45) is 6.92. The molecule has 0 aromatic heterocycles. The fourth-order valence-electron chi connectivity index (χ4n) is 4.37. The van der Waals surface area contributed by atoms with Crippen LogP contribution in [0.4, 0.5) is 0 Å². The minimum atomic E-state index is -0.508. The molecule has 1 N–H and O–H groups in total. The van der Waals surface area contributed by atoms with E-state index in [2.05, 4.69) is 0 Å². The Labute approximate surface area is 100.0 Å². The second kappa shape index (κ2) is 3.36. The van der Waals surface area contributed by atoms with Crippen LogP contribution in [-0.4, -0.2) is 11.1 Å². The van der Waals surface area contributed by atoms with Gasteiger partial charge in [-0.1, -0.05) is 0 Å². The Balaban J connectivity index is 0.000000750. The molecule has 83 valence electrons. The maximum Gasteiger partial charge on any atom is 0.309 e. The topological polar surface area (TPSA) is 37.3 Å². The molecule has 0 aromatic rings. The Bertz CT molecular complexity index is 227. The molecule has 4 bridgehead atoms. The van der Waals surface area contributed by atoms with E-state index in [1.54, 1.807) is 0 Å². The van der Waals surface area contributed by atoms with E-state index in [1.807, 2.05) is 0 Å². The third-order valence-corrected chi connectivity index (χ3v) is 4.49. The Morgan fingerprint density at radius 3 is 1.64 bits per heavy atom. The van der Waals surface area contributed by atoms with Gasteiger partial charge in [0, 0.05) is 22.4 Å². The average molecular weight is 288 g/mol. The van der Waals surface area contributed by atoms with E-state index in [0.717, 1.165) is 37.0 Å². The second-order valence-corrected chi connectivity index (χ2v) is 5.50. The zero-order valence-electron chi connectivity index (χ0n) is 8.13. The number of hydrogen-bond acceptors (Lipinski definition) is 1. The summed E-state index contributed by atoms with van der Waals surface area (Å²) in [7, 11) is 0. The first-order valence-corrected chi connectivity index (χ1v) is 5.41. The van der Waals surface area contributed by atoms with Crippen molar-refractivity contribution in [2.45, 2.75) is 38.5 Å². The molecular formula is C11H16AgO2. The monoisotopic (exact) mass is 287 g/mol. The van der Waals surface area contributed by atoms with Crippen molar-refractivity contribution < 1.29 is 32.3 Å². The van der Waals surface area contributed by atoms with Crippen molar-refractivity contribution in [3.05, 3.63) is 0 Å². The van der Waals surface area contributed by atoms with Gasteiger partial charge in [-0.3, -0.25) is 4.79 Å². The van der Waals surface area contributed by atoms with E-state index in [1.165, 1.54) is 19.3 Å². The van der Waals surface area contributed by atoms with E-state index in [4.69, 9.17) is 0 Å². The molecule has 0 saturated heterocycles. The summed E-state index contributed by atoms with van der Waals surface area (Å²) in [4.78, 5) is 11.3. The van der Waals surface area contributed by atoms with Gasteiger partial charge in [-0.25, -0.2) is 0 Å². The SMILES string of the molecule is O=C(O)C12CC3CC(CC(C3)C1)C2.[Ag]. The largest absolute Gasteiger partial charge is 0.481 e. The zero-order valence-corrected chi connectivity index (χ0v) is 9.61. The van der Waals surface area contributed by atoms with E-state index >= 15 is 0 Å². The first-order valence-electron chi connectivity index (χ1n) is 5.41.